The summed E-state index contributed by atoms with van der Waals surface area (Å²) in [6.45, 7) is 6.20. The summed E-state index contributed by atoms with van der Waals surface area (Å²) in [5.74, 6) is -2.74. The Morgan fingerprint density at radius 1 is 1.13 bits per heavy atom. The Hall–Kier alpha value is -4.73. The van der Waals surface area contributed by atoms with Gasteiger partial charge in [-0.05, 0) is 39.8 Å². The lowest BCUT2D eigenvalue weighted by atomic mass is 9.70. The molecule has 1 aliphatic heterocycles. The van der Waals surface area contributed by atoms with E-state index in [9.17, 15) is 29.4 Å². The zero-order valence-electron chi connectivity index (χ0n) is 21.2. The average Bonchev–Trinajstić information content (AvgIpc) is 3.17. The van der Waals surface area contributed by atoms with E-state index in [1.807, 2.05) is 0 Å². The Morgan fingerprint density at radius 2 is 1.84 bits per heavy atom. The molecule has 194 valence electrons. The maximum atomic E-state index is 13.8. The van der Waals surface area contributed by atoms with Gasteiger partial charge < -0.3 is 20.3 Å². The van der Waals surface area contributed by atoms with Gasteiger partial charge in [0.1, 0.15) is 34.0 Å². The zero-order chi connectivity index (χ0) is 27.5. The first-order valence-corrected chi connectivity index (χ1v) is 12.0. The van der Waals surface area contributed by atoms with Crippen LogP contribution in [-0.2, 0) is 21.5 Å². The van der Waals surface area contributed by atoms with Crippen LogP contribution >= 0.6 is 0 Å². The number of allylic oxidation sites excluding steroid dienone is 4. The number of nitrogens with zero attached hydrogens (tertiary/aromatic N) is 2. The smallest absolute Gasteiger partial charge is 0.261 e. The van der Waals surface area contributed by atoms with Crippen LogP contribution in [0.5, 0.6) is 17.2 Å². The zero-order valence-corrected chi connectivity index (χ0v) is 21.2. The summed E-state index contributed by atoms with van der Waals surface area (Å²) in [7, 11) is 0. The van der Waals surface area contributed by atoms with E-state index in [-0.39, 0.29) is 63.9 Å². The molecular formula is C28H25N3O7. The minimum atomic E-state index is -1.59. The summed E-state index contributed by atoms with van der Waals surface area (Å²) < 4.78 is 7.21. The van der Waals surface area contributed by atoms with E-state index in [1.54, 1.807) is 31.2 Å². The molecule has 0 amide bonds. The van der Waals surface area contributed by atoms with Gasteiger partial charge in [0.05, 0.1) is 28.4 Å². The highest BCUT2D eigenvalue weighted by atomic mass is 16.5. The number of benzene rings is 2. The number of hydrogen-bond donors (Lipinski definition) is 3. The monoisotopic (exact) mass is 515 g/mol. The van der Waals surface area contributed by atoms with Gasteiger partial charge in [-0.1, -0.05) is 12.1 Å². The van der Waals surface area contributed by atoms with E-state index in [1.165, 1.54) is 31.7 Å². The Balaban J connectivity index is 1.49. The van der Waals surface area contributed by atoms with Crippen molar-refractivity contribution in [1.82, 2.24) is 14.9 Å². The Morgan fingerprint density at radius 3 is 2.55 bits per heavy atom. The van der Waals surface area contributed by atoms with Crippen molar-refractivity contribution in [2.45, 2.75) is 39.7 Å². The van der Waals surface area contributed by atoms with Crippen LogP contribution in [0, 0.1) is 6.92 Å². The number of ether oxygens (including phenoxy) is 1. The van der Waals surface area contributed by atoms with E-state index in [0.717, 1.165) is 6.08 Å². The fourth-order valence-electron chi connectivity index (χ4n) is 5.08. The van der Waals surface area contributed by atoms with E-state index in [2.05, 4.69) is 10.3 Å². The molecule has 1 atom stereocenters. The number of phenols is 2. The molecule has 2 aromatic carbocycles. The average molecular weight is 516 g/mol. The number of Topliss-reactive ketones (excluding diaryl/α,β-unsaturated/α-hetero) is 2. The predicted molar refractivity (Wildman–Crippen MR) is 137 cm³/mol. The second-order valence-electron chi connectivity index (χ2n) is 9.57. The van der Waals surface area contributed by atoms with Crippen LogP contribution in [0.1, 0.15) is 42.3 Å². The highest BCUT2D eigenvalue weighted by Crippen LogP contribution is 2.57. The van der Waals surface area contributed by atoms with Gasteiger partial charge in [0.15, 0.2) is 17.3 Å². The molecule has 0 fully saturated rings. The first-order chi connectivity index (χ1) is 18.0. The Kier molecular flexibility index (Phi) is 5.70. The van der Waals surface area contributed by atoms with Crippen LogP contribution in [0.2, 0.25) is 0 Å². The third kappa shape index (κ3) is 3.44. The van der Waals surface area contributed by atoms with Gasteiger partial charge in [-0.3, -0.25) is 23.7 Å². The quantitative estimate of drug-likeness (QED) is 0.265. The van der Waals surface area contributed by atoms with Gasteiger partial charge >= 0.3 is 0 Å². The second kappa shape index (κ2) is 8.69. The van der Waals surface area contributed by atoms with Gasteiger partial charge in [-0.2, -0.15) is 0 Å². The number of phenolic OH excluding ortho intramolecular Hbond substituents is 2. The normalized spacial score (nSPS) is 19.5. The highest BCUT2D eigenvalue weighted by Gasteiger charge is 2.56. The number of para-hydroxylation sites is 1. The fourth-order valence-corrected chi connectivity index (χ4v) is 5.08. The fraction of sp³-hybridized carbons (Fsp3) is 0.250. The van der Waals surface area contributed by atoms with Gasteiger partial charge in [-0.25, -0.2) is 4.98 Å². The maximum absolute atomic E-state index is 13.8. The standard InChI is InChI=1S/C28H25N3O7/c1-13-23(34)21(15(3)32)25-22(24(13)35)28(4)19(38-25)11-18(33)20(26(28)36)14(2)29-9-10-31-12-30-17-8-6-5-7-16(17)27(31)37/h5-8,11-12,29,34-35H,9-10H2,1-4H3/b20-14+/t28-/m0/s1. The van der Waals surface area contributed by atoms with E-state index in [4.69, 9.17) is 4.74 Å². The Labute approximate surface area is 216 Å². The van der Waals surface area contributed by atoms with Crippen molar-refractivity contribution < 1.29 is 29.3 Å². The molecule has 1 aromatic heterocycles. The van der Waals surface area contributed by atoms with Crippen molar-refractivity contribution in [2.24, 2.45) is 0 Å². The van der Waals surface area contributed by atoms with Crippen LogP contribution in [0.15, 0.2) is 58.5 Å². The van der Waals surface area contributed by atoms with Crippen molar-refractivity contribution in [2.75, 3.05) is 6.54 Å². The second-order valence-corrected chi connectivity index (χ2v) is 9.57. The number of carbonyl (C=O) groups excluding carboxylic acids is 3. The third-order valence-electron chi connectivity index (χ3n) is 7.23. The molecule has 0 spiro atoms. The summed E-state index contributed by atoms with van der Waals surface area (Å²) in [5.41, 5.74) is -1.16. The van der Waals surface area contributed by atoms with Crippen molar-refractivity contribution >= 4 is 28.3 Å². The van der Waals surface area contributed by atoms with Crippen LogP contribution in [0.3, 0.4) is 0 Å². The number of carbonyl (C=O) groups is 3. The highest BCUT2D eigenvalue weighted by molar-refractivity contribution is 6.31. The molecule has 38 heavy (non-hydrogen) atoms. The minimum absolute atomic E-state index is 0.0273. The van der Waals surface area contributed by atoms with E-state index in [0.29, 0.717) is 10.9 Å². The molecule has 0 radical (unpaired) electrons. The maximum Gasteiger partial charge on any atom is 0.261 e. The lowest BCUT2D eigenvalue weighted by molar-refractivity contribution is -0.123. The van der Waals surface area contributed by atoms with E-state index >= 15 is 0 Å². The number of rotatable bonds is 5. The summed E-state index contributed by atoms with van der Waals surface area (Å²) in [5, 5.41) is 24.9. The molecular weight excluding hydrogens is 490 g/mol. The molecule has 3 aromatic rings. The molecule has 2 heterocycles. The first-order valence-electron chi connectivity index (χ1n) is 12.0. The third-order valence-corrected chi connectivity index (χ3v) is 7.23. The Bertz CT molecular complexity index is 1710. The van der Waals surface area contributed by atoms with Crippen molar-refractivity contribution in [3.63, 3.8) is 0 Å². The number of ketones is 3. The molecule has 0 saturated carbocycles. The SMILES string of the molecule is CC(=O)c1c(O)c(C)c(O)c2c1OC1=CC(=O)/C(=C(/C)NCCn3cnc4ccccc4c3=O)C(=O)[C@@]12C. The predicted octanol–water partition coefficient (Wildman–Crippen LogP) is 2.57. The summed E-state index contributed by atoms with van der Waals surface area (Å²) in [6.07, 6.45) is 2.61. The number of hydrogen-bond acceptors (Lipinski definition) is 9. The molecule has 0 saturated heterocycles. The molecule has 3 N–H and O–H groups in total. The molecule has 5 rings (SSSR count). The summed E-state index contributed by atoms with van der Waals surface area (Å²) in [6, 6.07) is 7.01. The summed E-state index contributed by atoms with van der Waals surface area (Å²) >= 11 is 0. The lowest BCUT2D eigenvalue weighted by Crippen LogP contribution is -2.41. The first kappa shape index (κ1) is 24.9. The van der Waals surface area contributed by atoms with Crippen LogP contribution in [0.25, 0.3) is 10.9 Å². The van der Waals surface area contributed by atoms with Crippen LogP contribution < -0.4 is 15.6 Å². The molecule has 1 aliphatic carbocycles. The largest absolute Gasteiger partial charge is 0.507 e. The minimum Gasteiger partial charge on any atom is -0.507 e. The molecule has 2 aliphatic rings. The van der Waals surface area contributed by atoms with Crippen LogP contribution in [-0.4, -0.2) is 43.7 Å². The van der Waals surface area contributed by atoms with Crippen LogP contribution in [0.4, 0.5) is 0 Å². The summed E-state index contributed by atoms with van der Waals surface area (Å²) in [4.78, 5) is 56.2. The molecule has 10 heteroatoms. The van der Waals surface area contributed by atoms with Crippen molar-refractivity contribution in [1.29, 1.82) is 0 Å². The molecule has 0 bridgehead atoms. The number of aromatic nitrogens is 2. The van der Waals surface area contributed by atoms with Gasteiger partial charge in [0.2, 0.25) is 0 Å². The number of aromatic hydroxyl groups is 2. The van der Waals surface area contributed by atoms with Gasteiger partial charge in [-0.15, -0.1) is 0 Å². The topological polar surface area (TPSA) is 148 Å². The lowest BCUT2D eigenvalue weighted by Gasteiger charge is -2.29. The van der Waals surface area contributed by atoms with E-state index < -0.39 is 28.5 Å². The van der Waals surface area contributed by atoms with Crippen molar-refractivity contribution in [3.8, 4) is 17.2 Å². The van der Waals surface area contributed by atoms with Gasteiger partial charge in [0, 0.05) is 30.4 Å². The molecule has 10 nitrogen and oxygen atoms in total. The molecule has 0 unspecified atom stereocenters. The van der Waals surface area contributed by atoms with Gasteiger partial charge in [0.25, 0.3) is 5.56 Å². The van der Waals surface area contributed by atoms with Crippen molar-refractivity contribution in [3.05, 3.63) is 80.7 Å². The number of fused-ring (bicyclic) bond motifs is 4. The number of nitrogens with one attached hydrogen (secondary N) is 1.